The Morgan fingerprint density at radius 3 is 2.57 bits per heavy atom. The van der Waals surface area contributed by atoms with Gasteiger partial charge >= 0.3 is 6.01 Å². The zero-order valence-electron chi connectivity index (χ0n) is 12.5. The Kier molecular flexibility index (Phi) is 4.75. The average molecular weight is 312 g/mol. The number of hydrogen-bond donors (Lipinski definition) is 0. The zero-order chi connectivity index (χ0) is 14.7. The quantitative estimate of drug-likeness (QED) is 0.799. The van der Waals surface area contributed by atoms with E-state index in [1.54, 1.807) is 0 Å². The Morgan fingerprint density at radius 1 is 1.14 bits per heavy atom. The number of anilines is 1. The van der Waals surface area contributed by atoms with Crippen molar-refractivity contribution in [1.29, 1.82) is 0 Å². The van der Waals surface area contributed by atoms with Gasteiger partial charge in [-0.25, -0.2) is 0 Å². The molecule has 2 aliphatic rings. The summed E-state index contributed by atoms with van der Waals surface area (Å²) in [5.41, 5.74) is 0. The van der Waals surface area contributed by atoms with Gasteiger partial charge in [-0.2, -0.15) is 15.0 Å². The van der Waals surface area contributed by atoms with Crippen molar-refractivity contribution < 1.29 is 4.74 Å². The largest absolute Gasteiger partial charge is 0.463 e. The third-order valence-electron chi connectivity index (χ3n) is 3.88. The summed E-state index contributed by atoms with van der Waals surface area (Å²) >= 11 is 5.97. The first-order valence-electron chi connectivity index (χ1n) is 7.76. The summed E-state index contributed by atoms with van der Waals surface area (Å²) in [6, 6.07) is 0.326. The van der Waals surface area contributed by atoms with Crippen LogP contribution >= 0.6 is 11.6 Å². The number of hydrogen-bond acceptors (Lipinski definition) is 6. The highest BCUT2D eigenvalue weighted by atomic mass is 35.5. The second-order valence-corrected chi connectivity index (χ2v) is 6.10. The molecule has 0 aromatic carbocycles. The van der Waals surface area contributed by atoms with Crippen LogP contribution in [-0.2, 0) is 0 Å². The summed E-state index contributed by atoms with van der Waals surface area (Å²) in [7, 11) is 0. The minimum Gasteiger partial charge on any atom is -0.463 e. The maximum Gasteiger partial charge on any atom is 0.322 e. The molecule has 2 heterocycles. The van der Waals surface area contributed by atoms with Crippen LogP contribution in [0.25, 0.3) is 0 Å². The third-order valence-corrected chi connectivity index (χ3v) is 4.05. The first-order valence-corrected chi connectivity index (χ1v) is 8.14. The normalized spacial score (nSPS) is 19.8. The molecule has 0 atom stereocenters. The summed E-state index contributed by atoms with van der Waals surface area (Å²) in [5.74, 6) is 1.57. The van der Waals surface area contributed by atoms with Crippen molar-refractivity contribution in [3.63, 3.8) is 0 Å². The second kappa shape index (κ2) is 6.75. The SMILES string of the molecule is CCCOc1nc(Cl)nc(N2CCN(CC3CC3)CC2)n1. The molecule has 1 saturated carbocycles. The van der Waals surface area contributed by atoms with E-state index in [0.717, 1.165) is 38.5 Å². The van der Waals surface area contributed by atoms with E-state index >= 15 is 0 Å². The topological polar surface area (TPSA) is 54.4 Å². The Balaban J connectivity index is 1.59. The maximum atomic E-state index is 5.97. The van der Waals surface area contributed by atoms with E-state index in [1.165, 1.54) is 19.4 Å². The lowest BCUT2D eigenvalue weighted by Gasteiger charge is -2.34. The van der Waals surface area contributed by atoms with Crippen LogP contribution in [0.3, 0.4) is 0 Å². The molecule has 1 aliphatic heterocycles. The van der Waals surface area contributed by atoms with E-state index in [2.05, 4.69) is 24.8 Å². The summed E-state index contributed by atoms with van der Waals surface area (Å²) in [6.07, 6.45) is 3.72. The molecule has 3 rings (SSSR count). The fourth-order valence-electron chi connectivity index (χ4n) is 2.52. The van der Waals surface area contributed by atoms with Gasteiger partial charge in [-0.15, -0.1) is 0 Å². The van der Waals surface area contributed by atoms with Crippen LogP contribution in [0.5, 0.6) is 6.01 Å². The Labute approximate surface area is 130 Å². The smallest absolute Gasteiger partial charge is 0.322 e. The predicted molar refractivity (Wildman–Crippen MR) is 82.0 cm³/mol. The van der Waals surface area contributed by atoms with Gasteiger partial charge in [-0.1, -0.05) is 6.92 Å². The highest BCUT2D eigenvalue weighted by Gasteiger charge is 2.27. The first-order chi connectivity index (χ1) is 10.2. The standard InChI is InChI=1S/C14H22ClN5O/c1-2-9-21-14-17-12(15)16-13(18-14)20-7-5-19(6-8-20)10-11-3-4-11/h11H,2-10H2,1H3. The number of halogens is 1. The molecular weight excluding hydrogens is 290 g/mol. The number of nitrogens with zero attached hydrogens (tertiary/aromatic N) is 5. The second-order valence-electron chi connectivity index (χ2n) is 5.77. The van der Waals surface area contributed by atoms with Gasteiger partial charge in [0, 0.05) is 32.7 Å². The lowest BCUT2D eigenvalue weighted by Crippen LogP contribution is -2.47. The van der Waals surface area contributed by atoms with E-state index in [0.29, 0.717) is 18.6 Å². The van der Waals surface area contributed by atoms with Gasteiger partial charge in [0.05, 0.1) is 6.61 Å². The number of rotatable bonds is 6. The molecule has 1 aromatic heterocycles. The van der Waals surface area contributed by atoms with Crippen LogP contribution < -0.4 is 9.64 Å². The fraction of sp³-hybridized carbons (Fsp3) is 0.786. The van der Waals surface area contributed by atoms with E-state index < -0.39 is 0 Å². The van der Waals surface area contributed by atoms with Crippen LogP contribution in [-0.4, -0.2) is 59.2 Å². The average Bonchev–Trinajstić information content (AvgIpc) is 3.29. The van der Waals surface area contributed by atoms with Crippen molar-refractivity contribution in [2.75, 3.05) is 44.2 Å². The maximum absolute atomic E-state index is 5.97. The summed E-state index contributed by atoms with van der Waals surface area (Å²) in [5, 5.41) is 0.200. The van der Waals surface area contributed by atoms with Crippen molar-refractivity contribution in [3.05, 3.63) is 5.28 Å². The number of ether oxygens (including phenoxy) is 1. The highest BCUT2D eigenvalue weighted by Crippen LogP contribution is 2.30. The molecular formula is C14H22ClN5O. The summed E-state index contributed by atoms with van der Waals surface area (Å²) < 4.78 is 5.47. The molecule has 1 saturated heterocycles. The van der Waals surface area contributed by atoms with Gasteiger partial charge in [0.1, 0.15) is 0 Å². The lowest BCUT2D eigenvalue weighted by atomic mass is 10.3. The van der Waals surface area contributed by atoms with E-state index in [9.17, 15) is 0 Å². The third kappa shape index (κ3) is 4.17. The first kappa shape index (κ1) is 14.8. The summed E-state index contributed by atoms with van der Waals surface area (Å²) in [4.78, 5) is 17.3. The predicted octanol–water partition coefficient (Wildman–Crippen LogP) is 1.85. The van der Waals surface area contributed by atoms with Gasteiger partial charge < -0.3 is 9.64 Å². The van der Waals surface area contributed by atoms with Crippen molar-refractivity contribution in [2.24, 2.45) is 5.92 Å². The van der Waals surface area contributed by atoms with Crippen molar-refractivity contribution >= 4 is 17.5 Å². The Hall–Kier alpha value is -1.14. The molecule has 0 spiro atoms. The number of piperazine rings is 1. The van der Waals surface area contributed by atoms with Gasteiger partial charge in [-0.05, 0) is 36.8 Å². The van der Waals surface area contributed by atoms with Crippen molar-refractivity contribution in [1.82, 2.24) is 19.9 Å². The molecule has 1 aliphatic carbocycles. The lowest BCUT2D eigenvalue weighted by molar-refractivity contribution is 0.246. The van der Waals surface area contributed by atoms with Gasteiger partial charge in [0.15, 0.2) is 0 Å². The van der Waals surface area contributed by atoms with Crippen LogP contribution in [0.2, 0.25) is 5.28 Å². The molecule has 1 aromatic rings. The molecule has 0 radical (unpaired) electrons. The van der Waals surface area contributed by atoms with Gasteiger partial charge in [-0.3, -0.25) is 4.90 Å². The van der Waals surface area contributed by atoms with Crippen LogP contribution in [0.15, 0.2) is 0 Å². The molecule has 0 amide bonds. The van der Waals surface area contributed by atoms with Crippen LogP contribution in [0.1, 0.15) is 26.2 Å². The van der Waals surface area contributed by atoms with Crippen molar-refractivity contribution in [3.8, 4) is 6.01 Å². The molecule has 21 heavy (non-hydrogen) atoms. The van der Waals surface area contributed by atoms with Gasteiger partial charge in [0.25, 0.3) is 0 Å². The van der Waals surface area contributed by atoms with E-state index in [4.69, 9.17) is 16.3 Å². The highest BCUT2D eigenvalue weighted by molar-refractivity contribution is 6.28. The summed E-state index contributed by atoms with van der Waals surface area (Å²) in [6.45, 7) is 7.87. The number of aromatic nitrogens is 3. The molecule has 7 heteroatoms. The molecule has 116 valence electrons. The van der Waals surface area contributed by atoms with Gasteiger partial charge in [0.2, 0.25) is 11.2 Å². The Bertz CT molecular complexity index is 474. The fourth-order valence-corrected chi connectivity index (χ4v) is 2.67. The monoisotopic (exact) mass is 311 g/mol. The Morgan fingerprint density at radius 2 is 1.90 bits per heavy atom. The minimum atomic E-state index is 0.200. The minimum absolute atomic E-state index is 0.200. The van der Waals surface area contributed by atoms with E-state index in [-0.39, 0.29) is 5.28 Å². The van der Waals surface area contributed by atoms with E-state index in [1.807, 2.05) is 6.92 Å². The van der Waals surface area contributed by atoms with Crippen LogP contribution in [0, 0.1) is 5.92 Å². The molecule has 6 nitrogen and oxygen atoms in total. The zero-order valence-corrected chi connectivity index (χ0v) is 13.2. The molecule has 0 N–H and O–H groups in total. The van der Waals surface area contributed by atoms with Crippen LogP contribution in [0.4, 0.5) is 5.95 Å². The molecule has 0 bridgehead atoms. The van der Waals surface area contributed by atoms with Crippen molar-refractivity contribution in [2.45, 2.75) is 26.2 Å². The molecule has 2 fully saturated rings. The molecule has 0 unspecified atom stereocenters.